The predicted octanol–water partition coefficient (Wildman–Crippen LogP) is 3.83. The predicted molar refractivity (Wildman–Crippen MR) is 76.3 cm³/mol. The molecule has 0 fully saturated rings. The van der Waals surface area contributed by atoms with Crippen LogP contribution in [0.2, 0.25) is 0 Å². The van der Waals surface area contributed by atoms with Gasteiger partial charge in [0, 0.05) is 32.6 Å². The second-order valence-corrected chi connectivity index (χ2v) is 4.89. The molecule has 0 N–H and O–H groups in total. The van der Waals surface area contributed by atoms with E-state index in [1.807, 2.05) is 37.3 Å². The van der Waals surface area contributed by atoms with Crippen LogP contribution in [0, 0.1) is 0 Å². The van der Waals surface area contributed by atoms with Gasteiger partial charge in [-0.3, -0.25) is 4.79 Å². The van der Waals surface area contributed by atoms with Crippen molar-refractivity contribution >= 4 is 5.78 Å². The number of Topliss-reactive ketones (excluding diaryl/α,β-unsaturated/α-hetero) is 1. The first kappa shape index (κ1) is 15.9. The van der Waals surface area contributed by atoms with Crippen molar-refractivity contribution in [2.45, 2.75) is 44.8 Å². The third-order valence-electron chi connectivity index (χ3n) is 3.49. The van der Waals surface area contributed by atoms with Gasteiger partial charge < -0.3 is 9.47 Å². The molecule has 3 heteroatoms. The molecule has 1 aromatic rings. The Balaban J connectivity index is 2.20. The minimum Gasteiger partial charge on any atom is -0.353 e. The Morgan fingerprint density at radius 1 is 1.05 bits per heavy atom. The van der Waals surface area contributed by atoms with Crippen molar-refractivity contribution in [2.75, 3.05) is 14.2 Å². The number of carbonyl (C=O) groups is 1. The van der Waals surface area contributed by atoms with Gasteiger partial charge in [0.1, 0.15) is 0 Å². The fraction of sp³-hybridized carbons (Fsp3) is 0.562. The smallest absolute Gasteiger partial charge is 0.164 e. The summed E-state index contributed by atoms with van der Waals surface area (Å²) in [5, 5.41) is 0. The van der Waals surface area contributed by atoms with Crippen LogP contribution in [0.15, 0.2) is 30.3 Å². The molecule has 1 rings (SSSR count). The number of unbranched alkanes of at least 4 members (excludes halogenated alkanes) is 2. The highest BCUT2D eigenvalue weighted by Crippen LogP contribution is 2.19. The Morgan fingerprint density at radius 2 is 1.68 bits per heavy atom. The van der Waals surface area contributed by atoms with Gasteiger partial charge in [0.25, 0.3) is 0 Å². The van der Waals surface area contributed by atoms with E-state index in [-0.39, 0.29) is 5.78 Å². The highest BCUT2D eigenvalue weighted by Gasteiger charge is 2.21. The van der Waals surface area contributed by atoms with Gasteiger partial charge in [-0.25, -0.2) is 0 Å². The highest BCUT2D eigenvalue weighted by atomic mass is 16.7. The largest absolute Gasteiger partial charge is 0.353 e. The average Bonchev–Trinajstić information content (AvgIpc) is 2.47. The number of carbonyl (C=O) groups excluding carboxylic acids is 1. The maximum absolute atomic E-state index is 11.9. The summed E-state index contributed by atoms with van der Waals surface area (Å²) < 4.78 is 10.6. The van der Waals surface area contributed by atoms with Crippen molar-refractivity contribution in [3.63, 3.8) is 0 Å². The standard InChI is InChI=1S/C16H24O3/c1-16(18-2,19-3)13-9-5-8-12-15(17)14-10-6-4-7-11-14/h4,6-7,10-11H,5,8-9,12-13H2,1-3H3. The Hall–Kier alpha value is -1.19. The molecule has 0 aromatic heterocycles. The van der Waals surface area contributed by atoms with Crippen molar-refractivity contribution in [1.29, 1.82) is 0 Å². The van der Waals surface area contributed by atoms with E-state index < -0.39 is 5.79 Å². The summed E-state index contributed by atoms with van der Waals surface area (Å²) in [6.45, 7) is 1.93. The molecule has 0 atom stereocenters. The number of benzene rings is 1. The summed E-state index contributed by atoms with van der Waals surface area (Å²) in [6, 6.07) is 9.46. The SMILES string of the molecule is COC(C)(CCCCCC(=O)c1ccccc1)OC. The lowest BCUT2D eigenvalue weighted by Crippen LogP contribution is -2.29. The molecule has 0 heterocycles. The molecule has 0 bridgehead atoms. The number of rotatable bonds is 9. The number of hydrogen-bond acceptors (Lipinski definition) is 3. The highest BCUT2D eigenvalue weighted by molar-refractivity contribution is 5.95. The van der Waals surface area contributed by atoms with E-state index in [9.17, 15) is 4.79 Å². The van der Waals surface area contributed by atoms with Crippen molar-refractivity contribution in [2.24, 2.45) is 0 Å². The van der Waals surface area contributed by atoms with E-state index in [2.05, 4.69) is 0 Å². The summed E-state index contributed by atoms with van der Waals surface area (Å²) in [7, 11) is 3.31. The Labute approximate surface area is 115 Å². The zero-order valence-corrected chi connectivity index (χ0v) is 12.1. The normalized spacial score (nSPS) is 11.5. The zero-order chi connectivity index (χ0) is 14.1. The first-order valence-electron chi connectivity index (χ1n) is 6.80. The van der Waals surface area contributed by atoms with Gasteiger partial charge in [0.05, 0.1) is 0 Å². The summed E-state index contributed by atoms with van der Waals surface area (Å²) in [5.74, 6) is -0.273. The van der Waals surface area contributed by atoms with Crippen molar-refractivity contribution < 1.29 is 14.3 Å². The monoisotopic (exact) mass is 264 g/mol. The Morgan fingerprint density at radius 3 is 2.26 bits per heavy atom. The van der Waals surface area contributed by atoms with Crippen LogP contribution in [0.25, 0.3) is 0 Å². The molecule has 0 saturated carbocycles. The molecule has 0 saturated heterocycles. The number of ether oxygens (including phenoxy) is 2. The minimum absolute atomic E-state index is 0.224. The third kappa shape index (κ3) is 5.53. The molecule has 0 aliphatic heterocycles. The maximum atomic E-state index is 11.9. The molecule has 3 nitrogen and oxygen atoms in total. The van der Waals surface area contributed by atoms with E-state index in [0.717, 1.165) is 31.2 Å². The van der Waals surface area contributed by atoms with Gasteiger partial charge in [0.15, 0.2) is 11.6 Å². The van der Waals surface area contributed by atoms with E-state index in [1.165, 1.54) is 0 Å². The number of hydrogen-bond donors (Lipinski definition) is 0. The lowest BCUT2D eigenvalue weighted by atomic mass is 10.0. The van der Waals surface area contributed by atoms with Gasteiger partial charge in [-0.1, -0.05) is 36.8 Å². The molecule has 106 valence electrons. The number of methoxy groups -OCH3 is 2. The van der Waals surface area contributed by atoms with Crippen molar-refractivity contribution in [3.05, 3.63) is 35.9 Å². The van der Waals surface area contributed by atoms with Gasteiger partial charge in [-0.2, -0.15) is 0 Å². The Bertz CT molecular complexity index is 369. The third-order valence-corrected chi connectivity index (χ3v) is 3.49. The molecular weight excluding hydrogens is 240 g/mol. The minimum atomic E-state index is -0.497. The topological polar surface area (TPSA) is 35.5 Å². The lowest BCUT2D eigenvalue weighted by molar-refractivity contribution is -0.197. The van der Waals surface area contributed by atoms with E-state index in [0.29, 0.717) is 6.42 Å². The average molecular weight is 264 g/mol. The Kier molecular flexibility index (Phi) is 6.74. The summed E-state index contributed by atoms with van der Waals surface area (Å²) in [5.41, 5.74) is 0.807. The van der Waals surface area contributed by atoms with Gasteiger partial charge in [-0.15, -0.1) is 0 Å². The van der Waals surface area contributed by atoms with Crippen LogP contribution < -0.4 is 0 Å². The van der Waals surface area contributed by atoms with Gasteiger partial charge in [-0.05, 0) is 19.8 Å². The van der Waals surface area contributed by atoms with Gasteiger partial charge >= 0.3 is 0 Å². The zero-order valence-electron chi connectivity index (χ0n) is 12.1. The summed E-state index contributed by atoms with van der Waals surface area (Å²) in [4.78, 5) is 11.9. The maximum Gasteiger partial charge on any atom is 0.164 e. The van der Waals surface area contributed by atoms with Crippen LogP contribution >= 0.6 is 0 Å². The molecular formula is C16H24O3. The molecule has 1 aromatic carbocycles. The number of ketones is 1. The molecule has 0 radical (unpaired) electrons. The lowest BCUT2D eigenvalue weighted by Gasteiger charge is -2.26. The molecule has 0 amide bonds. The molecule has 0 spiro atoms. The van der Waals surface area contributed by atoms with Crippen LogP contribution in [0.4, 0.5) is 0 Å². The van der Waals surface area contributed by atoms with E-state index in [4.69, 9.17) is 9.47 Å². The van der Waals surface area contributed by atoms with E-state index in [1.54, 1.807) is 14.2 Å². The second-order valence-electron chi connectivity index (χ2n) is 4.89. The van der Waals surface area contributed by atoms with E-state index >= 15 is 0 Å². The van der Waals surface area contributed by atoms with Crippen LogP contribution in [0.3, 0.4) is 0 Å². The summed E-state index contributed by atoms with van der Waals surface area (Å²) >= 11 is 0. The molecule has 19 heavy (non-hydrogen) atoms. The first-order valence-corrected chi connectivity index (χ1v) is 6.80. The molecule has 0 unspecified atom stereocenters. The van der Waals surface area contributed by atoms with Crippen LogP contribution in [0.1, 0.15) is 49.4 Å². The van der Waals surface area contributed by atoms with Crippen molar-refractivity contribution in [3.8, 4) is 0 Å². The second kappa shape index (κ2) is 8.08. The summed E-state index contributed by atoms with van der Waals surface area (Å²) in [6.07, 6.45) is 4.39. The quantitative estimate of drug-likeness (QED) is 0.386. The van der Waals surface area contributed by atoms with Gasteiger partial charge in [0.2, 0.25) is 0 Å². The van der Waals surface area contributed by atoms with Crippen LogP contribution in [-0.2, 0) is 9.47 Å². The fourth-order valence-corrected chi connectivity index (χ4v) is 1.96. The molecule has 0 aliphatic carbocycles. The van der Waals surface area contributed by atoms with Crippen LogP contribution in [0.5, 0.6) is 0 Å². The van der Waals surface area contributed by atoms with Crippen molar-refractivity contribution in [1.82, 2.24) is 0 Å². The molecule has 0 aliphatic rings. The first-order chi connectivity index (χ1) is 9.11. The fourth-order valence-electron chi connectivity index (χ4n) is 1.96. The van der Waals surface area contributed by atoms with Crippen LogP contribution in [-0.4, -0.2) is 25.8 Å².